The van der Waals surface area contributed by atoms with E-state index in [-0.39, 0.29) is 17.7 Å². The second-order valence-electron chi connectivity index (χ2n) is 4.53. The molecule has 0 aromatic carbocycles. The van der Waals surface area contributed by atoms with E-state index in [1.807, 2.05) is 10.8 Å². The maximum Gasteiger partial charge on any atom is 0.203 e. The third-order valence-corrected chi connectivity index (χ3v) is 2.98. The summed E-state index contributed by atoms with van der Waals surface area (Å²) in [5, 5.41) is 0. The molecule has 0 amide bonds. The van der Waals surface area contributed by atoms with Crippen LogP contribution in [0.25, 0.3) is 0 Å². The summed E-state index contributed by atoms with van der Waals surface area (Å²) < 4.78 is 7.27. The predicted molar refractivity (Wildman–Crippen MR) is 60.5 cm³/mol. The maximum absolute atomic E-state index is 12.2. The normalized spacial score (nSPS) is 21.3. The maximum atomic E-state index is 12.2. The molecule has 16 heavy (non-hydrogen) atoms. The summed E-state index contributed by atoms with van der Waals surface area (Å²) in [6, 6.07) is 0.269. The number of carbonyl (C=O) groups is 1. The molecule has 1 atom stereocenters. The summed E-state index contributed by atoms with van der Waals surface area (Å²) in [5.74, 6) is 0.692. The van der Waals surface area contributed by atoms with Crippen LogP contribution >= 0.6 is 0 Å². The number of hydrogen-bond donors (Lipinski definition) is 0. The van der Waals surface area contributed by atoms with Gasteiger partial charge in [0.2, 0.25) is 5.78 Å². The highest BCUT2D eigenvalue weighted by molar-refractivity contribution is 5.94. The van der Waals surface area contributed by atoms with Gasteiger partial charge in [-0.15, -0.1) is 0 Å². The second kappa shape index (κ2) is 4.78. The number of rotatable bonds is 3. The van der Waals surface area contributed by atoms with E-state index in [0.29, 0.717) is 12.4 Å². The van der Waals surface area contributed by atoms with Crippen molar-refractivity contribution in [3.63, 3.8) is 0 Å². The summed E-state index contributed by atoms with van der Waals surface area (Å²) in [6.07, 6.45) is 5.45. The molecule has 1 aliphatic heterocycles. The Bertz CT molecular complexity index is 365. The molecule has 1 aliphatic rings. The summed E-state index contributed by atoms with van der Waals surface area (Å²) >= 11 is 0. The van der Waals surface area contributed by atoms with Crippen LogP contribution in [-0.2, 0) is 4.74 Å². The lowest BCUT2D eigenvalue weighted by Crippen LogP contribution is -2.27. The van der Waals surface area contributed by atoms with Gasteiger partial charge in [-0.3, -0.25) is 4.79 Å². The fraction of sp³-hybridized carbons (Fsp3) is 0.667. The zero-order valence-corrected chi connectivity index (χ0v) is 9.85. The molecule has 0 radical (unpaired) electrons. The highest BCUT2D eigenvalue weighted by atomic mass is 16.5. The van der Waals surface area contributed by atoms with Gasteiger partial charge in [-0.05, 0) is 26.7 Å². The Morgan fingerprint density at radius 3 is 3.06 bits per heavy atom. The summed E-state index contributed by atoms with van der Waals surface area (Å²) in [4.78, 5) is 16.4. The van der Waals surface area contributed by atoms with Crippen LogP contribution in [0.5, 0.6) is 0 Å². The summed E-state index contributed by atoms with van der Waals surface area (Å²) in [5.41, 5.74) is 0. The Hall–Kier alpha value is -1.16. The van der Waals surface area contributed by atoms with E-state index in [1.54, 1.807) is 6.20 Å². The number of hydrogen-bond acceptors (Lipinski definition) is 3. The fourth-order valence-corrected chi connectivity index (χ4v) is 2.05. The number of carbonyl (C=O) groups excluding carboxylic acids is 1. The van der Waals surface area contributed by atoms with E-state index < -0.39 is 0 Å². The Kier molecular flexibility index (Phi) is 3.39. The van der Waals surface area contributed by atoms with E-state index in [9.17, 15) is 4.79 Å². The zero-order chi connectivity index (χ0) is 11.5. The molecule has 2 rings (SSSR count). The van der Waals surface area contributed by atoms with Gasteiger partial charge >= 0.3 is 0 Å². The van der Waals surface area contributed by atoms with Crippen LogP contribution in [0.4, 0.5) is 0 Å². The minimum Gasteiger partial charge on any atom is -0.381 e. The van der Waals surface area contributed by atoms with Gasteiger partial charge in [0.25, 0.3) is 0 Å². The molecule has 0 N–H and O–H groups in total. The van der Waals surface area contributed by atoms with E-state index in [1.165, 1.54) is 0 Å². The molecule has 4 nitrogen and oxygen atoms in total. The van der Waals surface area contributed by atoms with Crippen molar-refractivity contribution in [1.29, 1.82) is 0 Å². The molecular formula is C12H18N2O2. The number of ketones is 1. The van der Waals surface area contributed by atoms with Crippen molar-refractivity contribution >= 4 is 5.78 Å². The van der Waals surface area contributed by atoms with Crippen molar-refractivity contribution in [3.05, 3.63) is 18.2 Å². The second-order valence-corrected chi connectivity index (χ2v) is 4.53. The monoisotopic (exact) mass is 222 g/mol. The van der Waals surface area contributed by atoms with Crippen molar-refractivity contribution in [2.75, 3.05) is 13.2 Å². The molecule has 2 heterocycles. The smallest absolute Gasteiger partial charge is 0.203 e. The van der Waals surface area contributed by atoms with Gasteiger partial charge in [0.15, 0.2) is 5.82 Å². The average molecular weight is 222 g/mol. The van der Waals surface area contributed by atoms with Crippen LogP contribution in [0.15, 0.2) is 12.4 Å². The van der Waals surface area contributed by atoms with Crippen LogP contribution in [0.1, 0.15) is 43.3 Å². The topological polar surface area (TPSA) is 44.1 Å². The van der Waals surface area contributed by atoms with Gasteiger partial charge < -0.3 is 9.30 Å². The average Bonchev–Trinajstić information content (AvgIpc) is 2.78. The number of imidazole rings is 1. The molecule has 1 saturated heterocycles. The first-order valence-electron chi connectivity index (χ1n) is 5.85. The van der Waals surface area contributed by atoms with E-state index in [2.05, 4.69) is 18.8 Å². The quantitative estimate of drug-likeness (QED) is 0.735. The standard InChI is InChI=1S/C12H18N2O2/c1-9(2)14-6-5-13-12(14)11(15)10-4-3-7-16-8-10/h5-6,9-10H,3-4,7-8H2,1-2H3. The minimum absolute atomic E-state index is 0.00588. The molecule has 4 heteroatoms. The lowest BCUT2D eigenvalue weighted by molar-refractivity contribution is 0.0450. The summed E-state index contributed by atoms with van der Waals surface area (Å²) in [7, 11) is 0. The SMILES string of the molecule is CC(C)n1ccnc1C(=O)C1CCCOC1. The highest BCUT2D eigenvalue weighted by Crippen LogP contribution is 2.19. The highest BCUT2D eigenvalue weighted by Gasteiger charge is 2.26. The molecule has 0 aliphatic carbocycles. The third-order valence-electron chi connectivity index (χ3n) is 2.98. The van der Waals surface area contributed by atoms with Gasteiger partial charge in [0.1, 0.15) is 0 Å². The minimum atomic E-state index is -0.00588. The Morgan fingerprint density at radius 2 is 2.44 bits per heavy atom. The van der Waals surface area contributed by atoms with Gasteiger partial charge in [-0.25, -0.2) is 4.98 Å². The number of Topliss-reactive ketones (excluding diaryl/α,β-unsaturated/α-hetero) is 1. The zero-order valence-electron chi connectivity index (χ0n) is 9.85. The number of nitrogens with zero attached hydrogens (tertiary/aromatic N) is 2. The van der Waals surface area contributed by atoms with E-state index >= 15 is 0 Å². The van der Waals surface area contributed by atoms with Gasteiger partial charge in [0, 0.05) is 31.0 Å². The predicted octanol–water partition coefficient (Wildman–Crippen LogP) is 2.07. The largest absolute Gasteiger partial charge is 0.381 e. The first-order valence-corrected chi connectivity index (χ1v) is 5.85. The molecule has 1 aromatic heterocycles. The molecule has 0 saturated carbocycles. The molecule has 0 bridgehead atoms. The first kappa shape index (κ1) is 11.3. The molecule has 1 unspecified atom stereocenters. The number of aromatic nitrogens is 2. The third kappa shape index (κ3) is 2.16. The van der Waals surface area contributed by atoms with Gasteiger partial charge in [-0.1, -0.05) is 0 Å². The van der Waals surface area contributed by atoms with Crippen LogP contribution in [0, 0.1) is 5.92 Å². The van der Waals surface area contributed by atoms with Gasteiger partial charge in [0.05, 0.1) is 6.61 Å². The van der Waals surface area contributed by atoms with Crippen LogP contribution in [0.3, 0.4) is 0 Å². The molecule has 1 aromatic rings. The Morgan fingerprint density at radius 1 is 1.62 bits per heavy atom. The van der Waals surface area contributed by atoms with E-state index in [4.69, 9.17) is 4.74 Å². The van der Waals surface area contributed by atoms with Crippen molar-refractivity contribution in [1.82, 2.24) is 9.55 Å². The van der Waals surface area contributed by atoms with Gasteiger partial charge in [-0.2, -0.15) is 0 Å². The molecule has 0 spiro atoms. The first-order chi connectivity index (χ1) is 7.70. The Balaban J connectivity index is 2.16. The Labute approximate surface area is 95.6 Å². The van der Waals surface area contributed by atoms with E-state index in [0.717, 1.165) is 19.4 Å². The van der Waals surface area contributed by atoms with Crippen molar-refractivity contribution in [2.45, 2.75) is 32.7 Å². The van der Waals surface area contributed by atoms with Crippen molar-refractivity contribution < 1.29 is 9.53 Å². The molecule has 88 valence electrons. The van der Waals surface area contributed by atoms with Crippen molar-refractivity contribution in [2.24, 2.45) is 5.92 Å². The lowest BCUT2D eigenvalue weighted by Gasteiger charge is -2.21. The fourth-order valence-electron chi connectivity index (χ4n) is 2.05. The van der Waals surface area contributed by atoms with Crippen LogP contribution in [-0.4, -0.2) is 28.5 Å². The number of ether oxygens (including phenoxy) is 1. The van der Waals surface area contributed by atoms with Crippen LogP contribution < -0.4 is 0 Å². The van der Waals surface area contributed by atoms with Crippen LogP contribution in [0.2, 0.25) is 0 Å². The molecular weight excluding hydrogens is 204 g/mol. The van der Waals surface area contributed by atoms with Crippen molar-refractivity contribution in [3.8, 4) is 0 Å². The summed E-state index contributed by atoms with van der Waals surface area (Å²) in [6.45, 7) is 5.43. The lowest BCUT2D eigenvalue weighted by atomic mass is 9.97. The molecule has 1 fully saturated rings.